The predicted molar refractivity (Wildman–Crippen MR) is 85.4 cm³/mol. The van der Waals surface area contributed by atoms with Gasteiger partial charge in [-0.25, -0.2) is 5.43 Å². The normalized spacial score (nSPS) is 10.8. The molecule has 116 valence electrons. The van der Waals surface area contributed by atoms with Crippen LogP contribution >= 0.6 is 0 Å². The van der Waals surface area contributed by atoms with Crippen molar-refractivity contribution in [1.82, 2.24) is 5.43 Å². The van der Waals surface area contributed by atoms with Gasteiger partial charge in [-0.15, -0.1) is 0 Å². The summed E-state index contributed by atoms with van der Waals surface area (Å²) < 4.78 is 5.61. The maximum atomic E-state index is 11.8. The fourth-order valence-electron chi connectivity index (χ4n) is 2.00. The molecule has 2 rings (SSSR count). The van der Waals surface area contributed by atoms with E-state index in [1.165, 1.54) is 18.3 Å². The molecule has 0 bridgehead atoms. The highest BCUT2D eigenvalue weighted by atomic mass is 16.4. The molecule has 2 aromatic rings. The second-order valence-electron chi connectivity index (χ2n) is 4.56. The number of carbonyl (C=O) groups excluding carboxylic acids is 1. The third kappa shape index (κ3) is 3.66. The molecule has 0 fully saturated rings. The second-order valence-corrected chi connectivity index (χ2v) is 4.56. The number of nitrogens with zero attached hydrogens (tertiary/aromatic N) is 2. The van der Waals surface area contributed by atoms with Crippen molar-refractivity contribution in [3.05, 3.63) is 47.7 Å². The number of hydrogen-bond acceptors (Lipinski definition) is 5. The van der Waals surface area contributed by atoms with Crippen LogP contribution in [0.15, 0.2) is 45.9 Å². The van der Waals surface area contributed by atoms with Crippen LogP contribution in [0.1, 0.15) is 30.0 Å². The molecule has 0 saturated carbocycles. The van der Waals surface area contributed by atoms with E-state index in [9.17, 15) is 9.90 Å². The van der Waals surface area contributed by atoms with Crippen LogP contribution in [0.3, 0.4) is 0 Å². The molecule has 0 atom stereocenters. The smallest absolute Gasteiger partial charge is 0.275 e. The quantitative estimate of drug-likeness (QED) is 0.635. The number of amides is 1. The molecule has 1 aromatic carbocycles. The fraction of sp³-hybridized carbons (Fsp3) is 0.250. The van der Waals surface area contributed by atoms with Crippen molar-refractivity contribution in [1.29, 1.82) is 0 Å². The van der Waals surface area contributed by atoms with Gasteiger partial charge in [-0.05, 0) is 32.0 Å². The standard InChI is InChI=1S/C16H19N3O3/c1-3-19(4-2)15-10-9-12(22-15)11-17-18-16(21)13-7-5-6-8-14(13)20/h5-11,20H,3-4H2,1-2H3,(H,18,21)/b17-11-. The van der Waals surface area contributed by atoms with E-state index in [0.717, 1.165) is 19.0 Å². The van der Waals surface area contributed by atoms with Crippen LogP contribution in [-0.2, 0) is 0 Å². The summed E-state index contributed by atoms with van der Waals surface area (Å²) >= 11 is 0. The Morgan fingerprint density at radius 3 is 2.68 bits per heavy atom. The van der Waals surface area contributed by atoms with E-state index >= 15 is 0 Å². The zero-order valence-electron chi connectivity index (χ0n) is 12.6. The van der Waals surface area contributed by atoms with Crippen LogP contribution in [0.25, 0.3) is 0 Å². The van der Waals surface area contributed by atoms with Gasteiger partial charge in [-0.3, -0.25) is 4.79 Å². The average molecular weight is 301 g/mol. The Morgan fingerprint density at radius 2 is 2.00 bits per heavy atom. The average Bonchev–Trinajstić information content (AvgIpc) is 2.97. The molecule has 0 aliphatic carbocycles. The van der Waals surface area contributed by atoms with Gasteiger partial charge < -0.3 is 14.4 Å². The summed E-state index contributed by atoms with van der Waals surface area (Å²) in [6.07, 6.45) is 1.42. The van der Waals surface area contributed by atoms with E-state index in [1.54, 1.807) is 18.2 Å². The van der Waals surface area contributed by atoms with Gasteiger partial charge in [0.05, 0.1) is 11.8 Å². The molecule has 22 heavy (non-hydrogen) atoms. The lowest BCUT2D eigenvalue weighted by molar-refractivity contribution is 0.0952. The van der Waals surface area contributed by atoms with Crippen LogP contribution in [0, 0.1) is 0 Å². The van der Waals surface area contributed by atoms with Crippen molar-refractivity contribution in [3.8, 4) is 5.75 Å². The number of nitrogens with one attached hydrogen (secondary N) is 1. The molecular formula is C16H19N3O3. The zero-order chi connectivity index (χ0) is 15.9. The van der Waals surface area contributed by atoms with Gasteiger partial charge in [0.25, 0.3) is 5.91 Å². The van der Waals surface area contributed by atoms with Crippen LogP contribution in [0.5, 0.6) is 5.75 Å². The summed E-state index contributed by atoms with van der Waals surface area (Å²) in [5.41, 5.74) is 2.52. The molecule has 1 amide bonds. The molecule has 0 saturated heterocycles. The van der Waals surface area contributed by atoms with E-state index in [-0.39, 0.29) is 11.3 Å². The number of carbonyl (C=O) groups is 1. The summed E-state index contributed by atoms with van der Waals surface area (Å²) in [4.78, 5) is 13.9. The highest BCUT2D eigenvalue weighted by Crippen LogP contribution is 2.17. The first-order chi connectivity index (χ1) is 10.7. The van der Waals surface area contributed by atoms with Crippen LogP contribution in [0.2, 0.25) is 0 Å². The van der Waals surface area contributed by atoms with E-state index in [1.807, 2.05) is 19.9 Å². The maximum absolute atomic E-state index is 11.8. The predicted octanol–water partition coefficient (Wildman–Crippen LogP) is 2.60. The van der Waals surface area contributed by atoms with Gasteiger partial charge in [0.15, 0.2) is 5.88 Å². The Morgan fingerprint density at radius 1 is 1.27 bits per heavy atom. The maximum Gasteiger partial charge on any atom is 0.275 e. The van der Waals surface area contributed by atoms with Crippen LogP contribution in [-0.4, -0.2) is 30.3 Å². The van der Waals surface area contributed by atoms with E-state index in [2.05, 4.69) is 15.4 Å². The zero-order valence-corrected chi connectivity index (χ0v) is 12.6. The minimum absolute atomic E-state index is 0.0861. The molecule has 2 N–H and O–H groups in total. The number of phenols is 1. The van der Waals surface area contributed by atoms with Crippen molar-refractivity contribution in [2.45, 2.75) is 13.8 Å². The van der Waals surface area contributed by atoms with Gasteiger partial charge in [0, 0.05) is 19.2 Å². The molecule has 0 aliphatic rings. The van der Waals surface area contributed by atoms with E-state index in [4.69, 9.17) is 4.42 Å². The SMILES string of the molecule is CCN(CC)c1ccc(/C=N\NC(=O)c2ccccc2O)o1. The van der Waals surface area contributed by atoms with E-state index in [0.29, 0.717) is 5.76 Å². The third-order valence-electron chi connectivity index (χ3n) is 3.19. The van der Waals surface area contributed by atoms with Crippen molar-refractivity contribution >= 4 is 18.0 Å². The van der Waals surface area contributed by atoms with Gasteiger partial charge in [-0.1, -0.05) is 12.1 Å². The number of hydrogen-bond donors (Lipinski definition) is 2. The Kier molecular flexibility index (Phi) is 5.19. The van der Waals surface area contributed by atoms with Crippen LogP contribution in [0.4, 0.5) is 5.88 Å². The first-order valence-electron chi connectivity index (χ1n) is 7.11. The summed E-state index contributed by atoms with van der Waals surface area (Å²) in [5, 5.41) is 13.4. The number of aromatic hydroxyl groups is 1. The van der Waals surface area contributed by atoms with E-state index < -0.39 is 5.91 Å². The fourth-order valence-corrected chi connectivity index (χ4v) is 2.00. The monoisotopic (exact) mass is 301 g/mol. The first kappa shape index (κ1) is 15.6. The summed E-state index contributed by atoms with van der Waals surface area (Å²) in [7, 11) is 0. The Balaban J connectivity index is 1.98. The van der Waals surface area contributed by atoms with Gasteiger partial charge in [0.2, 0.25) is 0 Å². The molecule has 0 radical (unpaired) electrons. The minimum atomic E-state index is -0.482. The molecule has 1 heterocycles. The summed E-state index contributed by atoms with van der Waals surface area (Å²) in [6, 6.07) is 9.92. The number of anilines is 1. The lowest BCUT2D eigenvalue weighted by atomic mass is 10.2. The molecule has 6 nitrogen and oxygen atoms in total. The van der Waals surface area contributed by atoms with Crippen molar-refractivity contribution in [2.24, 2.45) is 5.10 Å². The number of benzene rings is 1. The van der Waals surface area contributed by atoms with Crippen molar-refractivity contribution in [2.75, 3.05) is 18.0 Å². The summed E-state index contributed by atoms with van der Waals surface area (Å²) in [5.74, 6) is 0.736. The number of hydrazone groups is 1. The highest BCUT2D eigenvalue weighted by molar-refractivity contribution is 5.97. The minimum Gasteiger partial charge on any atom is -0.507 e. The second kappa shape index (κ2) is 7.31. The van der Waals surface area contributed by atoms with Gasteiger partial charge in [-0.2, -0.15) is 5.10 Å². The molecule has 0 unspecified atom stereocenters. The lowest BCUT2D eigenvalue weighted by Gasteiger charge is -2.16. The van der Waals surface area contributed by atoms with Gasteiger partial charge in [0.1, 0.15) is 11.5 Å². The molecule has 6 heteroatoms. The largest absolute Gasteiger partial charge is 0.507 e. The molecule has 0 spiro atoms. The topological polar surface area (TPSA) is 78.1 Å². The first-order valence-corrected chi connectivity index (χ1v) is 7.11. The summed E-state index contributed by atoms with van der Waals surface area (Å²) in [6.45, 7) is 5.80. The van der Waals surface area contributed by atoms with Crippen molar-refractivity contribution < 1.29 is 14.3 Å². The van der Waals surface area contributed by atoms with Gasteiger partial charge >= 0.3 is 0 Å². The van der Waals surface area contributed by atoms with Crippen molar-refractivity contribution in [3.63, 3.8) is 0 Å². The Labute approximate surface area is 129 Å². The number of phenolic OH excluding ortho intramolecular Hbond substituents is 1. The Hall–Kier alpha value is -2.76. The Bertz CT molecular complexity index is 660. The lowest BCUT2D eigenvalue weighted by Crippen LogP contribution is -2.20. The number of para-hydroxylation sites is 1. The number of furan rings is 1. The highest BCUT2D eigenvalue weighted by Gasteiger charge is 2.09. The molecular weight excluding hydrogens is 282 g/mol. The molecule has 1 aromatic heterocycles. The van der Waals surface area contributed by atoms with Crippen LogP contribution < -0.4 is 10.3 Å². The molecule has 0 aliphatic heterocycles. The number of rotatable bonds is 6. The third-order valence-corrected chi connectivity index (χ3v) is 3.19.